The normalized spacial score (nSPS) is 12.1. The van der Waals surface area contributed by atoms with Gasteiger partial charge in [0.1, 0.15) is 0 Å². The molecule has 0 fully saturated rings. The molecule has 0 aliphatic carbocycles. The minimum absolute atomic E-state index is 0.208. The maximum absolute atomic E-state index is 5.66. The molecule has 0 aliphatic rings. The molecule has 0 saturated heterocycles. The highest BCUT2D eigenvalue weighted by molar-refractivity contribution is 5.29. The van der Waals surface area contributed by atoms with Crippen molar-refractivity contribution in [1.82, 2.24) is 0 Å². The second kappa shape index (κ2) is 4.77. The molecule has 4 N–H and O–H groups in total. The highest BCUT2D eigenvalue weighted by Crippen LogP contribution is 2.23. The van der Waals surface area contributed by atoms with E-state index in [1.807, 2.05) is 0 Å². The molecule has 15 heavy (non-hydrogen) atoms. The van der Waals surface area contributed by atoms with Crippen LogP contribution in [-0.4, -0.2) is 13.1 Å². The van der Waals surface area contributed by atoms with Gasteiger partial charge in [-0.2, -0.15) is 0 Å². The van der Waals surface area contributed by atoms with Crippen molar-refractivity contribution in [3.63, 3.8) is 0 Å². The first-order valence-corrected chi connectivity index (χ1v) is 5.49. The van der Waals surface area contributed by atoms with Crippen molar-refractivity contribution in [1.29, 1.82) is 0 Å². The molecule has 2 heteroatoms. The summed E-state index contributed by atoms with van der Waals surface area (Å²) in [6.07, 6.45) is 0. The molecule has 0 unspecified atom stereocenters. The van der Waals surface area contributed by atoms with Gasteiger partial charge in [0.05, 0.1) is 0 Å². The summed E-state index contributed by atoms with van der Waals surface area (Å²) in [5.74, 6) is 0.291. The predicted molar refractivity (Wildman–Crippen MR) is 66.0 cm³/mol. The third-order valence-electron chi connectivity index (χ3n) is 2.82. The van der Waals surface area contributed by atoms with E-state index in [9.17, 15) is 0 Å². The quantitative estimate of drug-likeness (QED) is 0.794. The van der Waals surface area contributed by atoms with Crippen LogP contribution in [0.4, 0.5) is 0 Å². The van der Waals surface area contributed by atoms with Crippen molar-refractivity contribution in [2.45, 2.75) is 32.1 Å². The monoisotopic (exact) mass is 206 g/mol. The zero-order valence-corrected chi connectivity index (χ0v) is 9.96. The zero-order valence-electron chi connectivity index (χ0n) is 9.96. The van der Waals surface area contributed by atoms with E-state index in [4.69, 9.17) is 11.5 Å². The largest absolute Gasteiger partial charge is 0.330 e. The average molecular weight is 206 g/mol. The summed E-state index contributed by atoms with van der Waals surface area (Å²) in [4.78, 5) is 0. The van der Waals surface area contributed by atoms with Crippen LogP contribution in [0.2, 0.25) is 0 Å². The first kappa shape index (κ1) is 12.2. The van der Waals surface area contributed by atoms with Crippen molar-refractivity contribution in [2.24, 2.45) is 11.5 Å². The second-order valence-corrected chi connectivity index (χ2v) is 5.04. The van der Waals surface area contributed by atoms with Gasteiger partial charge in [0.2, 0.25) is 0 Å². The molecule has 0 bridgehead atoms. The standard InChI is InChI=1S/C13H22N2/c1-13(2,3)12-6-4-10(5-7-12)11(8-14)9-15/h4-7,11H,8-9,14-15H2,1-3H3. The fourth-order valence-electron chi connectivity index (χ4n) is 1.62. The Morgan fingerprint density at radius 1 is 1.00 bits per heavy atom. The van der Waals surface area contributed by atoms with E-state index < -0.39 is 0 Å². The third kappa shape index (κ3) is 3.05. The van der Waals surface area contributed by atoms with Crippen LogP contribution in [0.3, 0.4) is 0 Å². The lowest BCUT2D eigenvalue weighted by Gasteiger charge is -2.20. The molecule has 0 saturated carbocycles. The van der Waals surface area contributed by atoms with Crippen molar-refractivity contribution in [2.75, 3.05) is 13.1 Å². The Morgan fingerprint density at radius 3 is 1.80 bits per heavy atom. The second-order valence-electron chi connectivity index (χ2n) is 5.04. The van der Waals surface area contributed by atoms with Crippen molar-refractivity contribution < 1.29 is 0 Å². The number of hydrogen-bond donors (Lipinski definition) is 2. The van der Waals surface area contributed by atoms with Gasteiger partial charge in [-0.05, 0) is 16.5 Å². The molecule has 0 heterocycles. The van der Waals surface area contributed by atoms with Crippen LogP contribution in [0, 0.1) is 0 Å². The zero-order chi connectivity index (χ0) is 11.5. The van der Waals surface area contributed by atoms with E-state index in [-0.39, 0.29) is 5.41 Å². The fraction of sp³-hybridized carbons (Fsp3) is 0.538. The molecule has 0 aromatic heterocycles. The molecule has 1 aromatic rings. The van der Waals surface area contributed by atoms with Gasteiger partial charge in [0.15, 0.2) is 0 Å². The molecule has 84 valence electrons. The van der Waals surface area contributed by atoms with Gasteiger partial charge < -0.3 is 11.5 Å². The Balaban J connectivity index is 2.89. The molecule has 0 amide bonds. The molecule has 1 rings (SSSR count). The Hall–Kier alpha value is -0.860. The Bertz CT molecular complexity index is 291. The third-order valence-corrected chi connectivity index (χ3v) is 2.82. The molecule has 0 atom stereocenters. The molecular formula is C13H22N2. The topological polar surface area (TPSA) is 52.0 Å². The van der Waals surface area contributed by atoms with Crippen LogP contribution in [0.5, 0.6) is 0 Å². The van der Waals surface area contributed by atoms with Gasteiger partial charge in [-0.25, -0.2) is 0 Å². The van der Waals surface area contributed by atoms with E-state index in [1.165, 1.54) is 11.1 Å². The lowest BCUT2D eigenvalue weighted by atomic mass is 9.85. The lowest BCUT2D eigenvalue weighted by Crippen LogP contribution is -2.21. The Morgan fingerprint density at radius 2 is 1.47 bits per heavy atom. The number of benzene rings is 1. The summed E-state index contributed by atoms with van der Waals surface area (Å²) in [6.45, 7) is 7.87. The predicted octanol–water partition coefficient (Wildman–Crippen LogP) is 1.99. The van der Waals surface area contributed by atoms with E-state index in [0.29, 0.717) is 19.0 Å². The van der Waals surface area contributed by atoms with Crippen LogP contribution < -0.4 is 11.5 Å². The minimum atomic E-state index is 0.208. The number of rotatable bonds is 3. The molecule has 0 spiro atoms. The first-order valence-electron chi connectivity index (χ1n) is 5.49. The van der Waals surface area contributed by atoms with Crippen molar-refractivity contribution in [3.8, 4) is 0 Å². The lowest BCUT2D eigenvalue weighted by molar-refractivity contribution is 0.589. The molecular weight excluding hydrogens is 184 g/mol. The van der Waals surface area contributed by atoms with E-state index in [2.05, 4.69) is 45.0 Å². The summed E-state index contributed by atoms with van der Waals surface area (Å²) in [5, 5.41) is 0. The van der Waals surface area contributed by atoms with Crippen LogP contribution in [0.15, 0.2) is 24.3 Å². The van der Waals surface area contributed by atoms with Crippen molar-refractivity contribution >= 4 is 0 Å². The summed E-state index contributed by atoms with van der Waals surface area (Å²) >= 11 is 0. The highest BCUT2D eigenvalue weighted by atomic mass is 14.6. The van der Waals surface area contributed by atoms with Crippen LogP contribution in [0.1, 0.15) is 37.8 Å². The van der Waals surface area contributed by atoms with Gasteiger partial charge in [-0.15, -0.1) is 0 Å². The summed E-state index contributed by atoms with van der Waals surface area (Å²) in [6, 6.07) is 8.64. The van der Waals surface area contributed by atoms with Crippen LogP contribution in [-0.2, 0) is 5.41 Å². The SMILES string of the molecule is CC(C)(C)c1ccc(C(CN)CN)cc1. The maximum Gasteiger partial charge on any atom is 0.00841 e. The maximum atomic E-state index is 5.66. The molecule has 1 aromatic carbocycles. The minimum Gasteiger partial charge on any atom is -0.330 e. The average Bonchev–Trinajstić information content (AvgIpc) is 2.19. The summed E-state index contributed by atoms with van der Waals surface area (Å²) in [5.41, 5.74) is 14.1. The summed E-state index contributed by atoms with van der Waals surface area (Å²) in [7, 11) is 0. The van der Waals surface area contributed by atoms with Gasteiger partial charge in [-0.3, -0.25) is 0 Å². The molecule has 0 aliphatic heterocycles. The van der Waals surface area contributed by atoms with Gasteiger partial charge in [0, 0.05) is 19.0 Å². The van der Waals surface area contributed by atoms with E-state index in [0.717, 1.165) is 0 Å². The Kier molecular flexibility index (Phi) is 3.89. The molecule has 0 radical (unpaired) electrons. The summed E-state index contributed by atoms with van der Waals surface area (Å²) < 4.78 is 0. The smallest absolute Gasteiger partial charge is 0.00841 e. The Labute approximate surface area is 92.7 Å². The van der Waals surface area contributed by atoms with Gasteiger partial charge in [0.25, 0.3) is 0 Å². The number of hydrogen-bond acceptors (Lipinski definition) is 2. The highest BCUT2D eigenvalue weighted by Gasteiger charge is 2.14. The first-order chi connectivity index (χ1) is 6.99. The van der Waals surface area contributed by atoms with Gasteiger partial charge in [-0.1, -0.05) is 45.0 Å². The van der Waals surface area contributed by atoms with Crippen LogP contribution >= 0.6 is 0 Å². The fourth-order valence-corrected chi connectivity index (χ4v) is 1.62. The van der Waals surface area contributed by atoms with Crippen LogP contribution in [0.25, 0.3) is 0 Å². The van der Waals surface area contributed by atoms with Crippen molar-refractivity contribution in [3.05, 3.63) is 35.4 Å². The molecule has 2 nitrogen and oxygen atoms in total. The number of nitrogens with two attached hydrogens (primary N) is 2. The van der Waals surface area contributed by atoms with Gasteiger partial charge >= 0.3 is 0 Å². The van der Waals surface area contributed by atoms with E-state index in [1.54, 1.807) is 0 Å². The van der Waals surface area contributed by atoms with E-state index >= 15 is 0 Å².